The van der Waals surface area contributed by atoms with Gasteiger partial charge in [0.15, 0.2) is 11.5 Å². The Hall–Kier alpha value is -1.30. The SMILES string of the molecule is CCOc1c(CNCCc2ccc(F)cc2)cc(Br)cc1OC.Cl. The normalized spacial score (nSPS) is 10.2. The predicted molar refractivity (Wildman–Crippen MR) is 101 cm³/mol. The molecule has 0 fully saturated rings. The van der Waals surface area contributed by atoms with Crippen LogP contribution in [-0.2, 0) is 13.0 Å². The van der Waals surface area contributed by atoms with Gasteiger partial charge in [-0.05, 0) is 49.7 Å². The van der Waals surface area contributed by atoms with Crippen LogP contribution in [0.5, 0.6) is 11.5 Å². The van der Waals surface area contributed by atoms with Gasteiger partial charge in [-0.2, -0.15) is 0 Å². The van der Waals surface area contributed by atoms with Gasteiger partial charge >= 0.3 is 0 Å². The average molecular weight is 419 g/mol. The van der Waals surface area contributed by atoms with Gasteiger partial charge < -0.3 is 14.8 Å². The quantitative estimate of drug-likeness (QED) is 0.628. The van der Waals surface area contributed by atoms with Gasteiger partial charge in [0.25, 0.3) is 0 Å². The second-order valence-electron chi connectivity index (χ2n) is 5.08. The zero-order valence-electron chi connectivity index (χ0n) is 13.8. The molecule has 0 atom stereocenters. The average Bonchev–Trinajstić information content (AvgIpc) is 2.55. The Labute approximate surface area is 157 Å². The molecule has 0 amide bonds. The highest BCUT2D eigenvalue weighted by molar-refractivity contribution is 9.10. The minimum atomic E-state index is -0.204. The van der Waals surface area contributed by atoms with Crippen molar-refractivity contribution in [2.24, 2.45) is 0 Å². The number of nitrogens with one attached hydrogen (secondary N) is 1. The van der Waals surface area contributed by atoms with Gasteiger partial charge in [-0.25, -0.2) is 4.39 Å². The highest BCUT2D eigenvalue weighted by Gasteiger charge is 2.12. The molecule has 3 nitrogen and oxygen atoms in total. The highest BCUT2D eigenvalue weighted by atomic mass is 79.9. The molecule has 0 unspecified atom stereocenters. The molecule has 0 aromatic heterocycles. The summed E-state index contributed by atoms with van der Waals surface area (Å²) in [6.45, 7) is 4.01. The topological polar surface area (TPSA) is 30.5 Å². The first-order valence-electron chi connectivity index (χ1n) is 7.58. The van der Waals surface area contributed by atoms with Crippen molar-refractivity contribution in [1.29, 1.82) is 0 Å². The molecule has 0 heterocycles. The Morgan fingerprint density at radius 3 is 2.50 bits per heavy atom. The highest BCUT2D eigenvalue weighted by Crippen LogP contribution is 2.34. The van der Waals surface area contributed by atoms with Gasteiger partial charge in [0.05, 0.1) is 13.7 Å². The molecule has 2 rings (SSSR count). The smallest absolute Gasteiger partial charge is 0.165 e. The fourth-order valence-corrected chi connectivity index (χ4v) is 2.80. The van der Waals surface area contributed by atoms with E-state index in [1.807, 2.05) is 31.2 Å². The Morgan fingerprint density at radius 2 is 1.88 bits per heavy atom. The number of methoxy groups -OCH3 is 1. The van der Waals surface area contributed by atoms with Gasteiger partial charge in [0.2, 0.25) is 0 Å². The largest absolute Gasteiger partial charge is 0.493 e. The first-order valence-corrected chi connectivity index (χ1v) is 8.37. The molecule has 0 aliphatic carbocycles. The van der Waals surface area contributed by atoms with Crippen LogP contribution in [0.25, 0.3) is 0 Å². The van der Waals surface area contributed by atoms with E-state index in [0.29, 0.717) is 13.2 Å². The lowest BCUT2D eigenvalue weighted by atomic mass is 10.1. The maximum atomic E-state index is 12.9. The zero-order valence-corrected chi connectivity index (χ0v) is 16.2. The third kappa shape index (κ3) is 5.96. The Morgan fingerprint density at radius 1 is 1.17 bits per heavy atom. The molecule has 6 heteroatoms. The fraction of sp³-hybridized carbons (Fsp3) is 0.333. The molecule has 0 radical (unpaired) electrons. The van der Waals surface area contributed by atoms with E-state index in [1.165, 1.54) is 12.1 Å². The van der Waals surface area contributed by atoms with Gasteiger partial charge in [-0.1, -0.05) is 28.1 Å². The van der Waals surface area contributed by atoms with Crippen molar-refractivity contribution in [2.45, 2.75) is 19.9 Å². The van der Waals surface area contributed by atoms with Crippen molar-refractivity contribution in [2.75, 3.05) is 20.3 Å². The van der Waals surface area contributed by atoms with Crippen LogP contribution in [0.1, 0.15) is 18.1 Å². The van der Waals surface area contributed by atoms with Crippen LogP contribution in [-0.4, -0.2) is 20.3 Å². The van der Waals surface area contributed by atoms with E-state index < -0.39 is 0 Å². The summed E-state index contributed by atoms with van der Waals surface area (Å²) >= 11 is 3.49. The van der Waals surface area contributed by atoms with Gasteiger partial charge in [0.1, 0.15) is 5.82 Å². The van der Waals surface area contributed by atoms with Gasteiger partial charge in [0, 0.05) is 16.6 Å². The summed E-state index contributed by atoms with van der Waals surface area (Å²) in [5.74, 6) is 1.29. The molecule has 2 aromatic rings. The van der Waals surface area contributed by atoms with E-state index in [2.05, 4.69) is 21.2 Å². The molecule has 24 heavy (non-hydrogen) atoms. The first kappa shape index (κ1) is 20.7. The number of rotatable bonds is 8. The molecule has 0 bridgehead atoms. The summed E-state index contributed by atoms with van der Waals surface area (Å²) in [5.41, 5.74) is 2.15. The maximum absolute atomic E-state index is 12.9. The summed E-state index contributed by atoms with van der Waals surface area (Å²) in [6, 6.07) is 10.5. The first-order chi connectivity index (χ1) is 11.1. The molecular formula is C18H22BrClFNO2. The summed E-state index contributed by atoms with van der Waals surface area (Å²) < 4.78 is 24.9. The molecule has 0 saturated carbocycles. The predicted octanol–water partition coefficient (Wildman–Crippen LogP) is 4.75. The maximum Gasteiger partial charge on any atom is 0.165 e. The molecule has 2 aromatic carbocycles. The Kier molecular flexibility index (Phi) is 9.11. The van der Waals surface area contributed by atoms with Crippen LogP contribution >= 0.6 is 28.3 Å². The third-order valence-corrected chi connectivity index (χ3v) is 3.88. The van der Waals surface area contributed by atoms with E-state index in [9.17, 15) is 4.39 Å². The van der Waals surface area contributed by atoms with Crippen LogP contribution in [0.4, 0.5) is 4.39 Å². The van der Waals surface area contributed by atoms with Crippen molar-refractivity contribution in [1.82, 2.24) is 5.32 Å². The molecule has 0 saturated heterocycles. The van der Waals surface area contributed by atoms with Crippen LogP contribution in [0.15, 0.2) is 40.9 Å². The minimum Gasteiger partial charge on any atom is -0.493 e. The molecule has 1 N–H and O–H groups in total. The van der Waals surface area contributed by atoms with Crippen molar-refractivity contribution >= 4 is 28.3 Å². The number of hydrogen-bond acceptors (Lipinski definition) is 3. The van der Waals surface area contributed by atoms with Crippen LogP contribution in [0.3, 0.4) is 0 Å². The third-order valence-electron chi connectivity index (χ3n) is 3.42. The lowest BCUT2D eigenvalue weighted by molar-refractivity contribution is 0.306. The van der Waals surface area contributed by atoms with Gasteiger partial charge in [-0.3, -0.25) is 0 Å². The number of benzene rings is 2. The van der Waals surface area contributed by atoms with E-state index in [4.69, 9.17) is 9.47 Å². The number of halogens is 3. The van der Waals surface area contributed by atoms with E-state index >= 15 is 0 Å². The molecule has 0 aliphatic heterocycles. The van der Waals surface area contributed by atoms with Crippen molar-refractivity contribution in [3.8, 4) is 11.5 Å². The van der Waals surface area contributed by atoms with Crippen molar-refractivity contribution < 1.29 is 13.9 Å². The van der Waals surface area contributed by atoms with Crippen molar-refractivity contribution in [3.63, 3.8) is 0 Å². The van der Waals surface area contributed by atoms with E-state index in [0.717, 1.165) is 40.1 Å². The van der Waals surface area contributed by atoms with E-state index in [-0.39, 0.29) is 18.2 Å². The zero-order chi connectivity index (χ0) is 16.7. The molecule has 0 aliphatic rings. The standard InChI is InChI=1S/C18H21BrFNO2.ClH/c1-3-23-18-14(10-15(19)11-17(18)22-2)12-21-9-8-13-4-6-16(20)7-5-13;/h4-7,10-11,21H,3,8-9,12H2,1-2H3;1H. The summed E-state index contributed by atoms with van der Waals surface area (Å²) in [7, 11) is 1.63. The fourth-order valence-electron chi connectivity index (χ4n) is 2.32. The summed E-state index contributed by atoms with van der Waals surface area (Å²) in [6.07, 6.45) is 0.843. The number of ether oxygens (including phenoxy) is 2. The molecule has 0 spiro atoms. The lowest BCUT2D eigenvalue weighted by Crippen LogP contribution is -2.17. The van der Waals surface area contributed by atoms with Crippen LogP contribution in [0.2, 0.25) is 0 Å². The van der Waals surface area contributed by atoms with Gasteiger partial charge in [-0.15, -0.1) is 12.4 Å². The number of hydrogen-bond donors (Lipinski definition) is 1. The molecular weight excluding hydrogens is 397 g/mol. The second kappa shape index (κ2) is 10.5. The summed E-state index contributed by atoms with van der Waals surface area (Å²) in [5, 5.41) is 3.39. The second-order valence-corrected chi connectivity index (χ2v) is 6.00. The molecule has 132 valence electrons. The summed E-state index contributed by atoms with van der Waals surface area (Å²) in [4.78, 5) is 0. The van der Waals surface area contributed by atoms with E-state index in [1.54, 1.807) is 7.11 Å². The van der Waals surface area contributed by atoms with Crippen LogP contribution < -0.4 is 14.8 Å². The van der Waals surface area contributed by atoms with Crippen LogP contribution in [0, 0.1) is 5.82 Å². The Balaban J connectivity index is 0.00000288. The minimum absolute atomic E-state index is 0. The monoisotopic (exact) mass is 417 g/mol. The Bertz CT molecular complexity index is 638. The van der Waals surface area contributed by atoms with Crippen molar-refractivity contribution in [3.05, 3.63) is 57.8 Å². The lowest BCUT2D eigenvalue weighted by Gasteiger charge is -2.15.